The first-order valence-corrected chi connectivity index (χ1v) is 9.13. The Morgan fingerprint density at radius 1 is 1.35 bits per heavy atom. The Balaban J connectivity index is 1.78. The van der Waals surface area contributed by atoms with E-state index in [1.54, 1.807) is 6.92 Å². The number of aromatic nitrogens is 1. The van der Waals surface area contributed by atoms with Crippen molar-refractivity contribution in [3.05, 3.63) is 52.2 Å². The van der Waals surface area contributed by atoms with Gasteiger partial charge in [0, 0.05) is 17.4 Å². The maximum Gasteiger partial charge on any atom is 0.237 e. The van der Waals surface area contributed by atoms with Crippen LogP contribution < -0.4 is 5.32 Å². The molecule has 1 heterocycles. The maximum atomic E-state index is 13.3. The van der Waals surface area contributed by atoms with E-state index in [0.717, 1.165) is 48.2 Å². The number of nitriles is 1. The normalized spacial score (nSPS) is 13.8. The second kappa shape index (κ2) is 7.42. The van der Waals surface area contributed by atoms with Crippen LogP contribution in [0.1, 0.15) is 35.7 Å². The van der Waals surface area contributed by atoms with Crippen LogP contribution in [-0.4, -0.2) is 16.1 Å². The number of aryl methyl sites for hydroxylation is 1. The van der Waals surface area contributed by atoms with E-state index < -0.39 is 16.9 Å². The third-order valence-electron chi connectivity index (χ3n) is 4.42. The van der Waals surface area contributed by atoms with Gasteiger partial charge < -0.3 is 5.32 Å². The molecule has 0 bridgehead atoms. The summed E-state index contributed by atoms with van der Waals surface area (Å²) >= 11 is 1.20. The van der Waals surface area contributed by atoms with E-state index in [4.69, 9.17) is 0 Å². The molecule has 4 nitrogen and oxygen atoms in total. The molecule has 1 aromatic carbocycles. The summed E-state index contributed by atoms with van der Waals surface area (Å²) in [6.45, 7) is 3.60. The minimum absolute atomic E-state index is 0.181. The topological polar surface area (TPSA) is 65.8 Å². The van der Waals surface area contributed by atoms with Crippen LogP contribution in [0, 0.1) is 29.9 Å². The lowest BCUT2D eigenvalue weighted by molar-refractivity contribution is -0.115. The Hall–Kier alpha value is -2.46. The van der Waals surface area contributed by atoms with Crippen molar-refractivity contribution in [2.75, 3.05) is 5.32 Å². The molecule has 0 saturated heterocycles. The van der Waals surface area contributed by atoms with Crippen molar-refractivity contribution >= 4 is 23.4 Å². The number of pyridine rings is 1. The number of thioether (sulfide) groups is 1. The molecule has 0 spiro atoms. The summed E-state index contributed by atoms with van der Waals surface area (Å²) in [5.41, 5.74) is 3.76. The molecule has 1 unspecified atom stereocenters. The average Bonchev–Trinajstić information content (AvgIpc) is 3.07. The first-order chi connectivity index (χ1) is 12.4. The van der Waals surface area contributed by atoms with Crippen LogP contribution in [-0.2, 0) is 17.6 Å². The number of hydrogen-bond donors (Lipinski definition) is 1. The summed E-state index contributed by atoms with van der Waals surface area (Å²) in [5.74, 6) is -2.36. The molecule has 1 aliphatic rings. The smallest absolute Gasteiger partial charge is 0.237 e. The van der Waals surface area contributed by atoms with Gasteiger partial charge in [0.25, 0.3) is 0 Å². The fraction of sp³-hybridized carbons (Fsp3) is 0.316. The van der Waals surface area contributed by atoms with Crippen LogP contribution in [0.2, 0.25) is 0 Å². The number of anilines is 1. The minimum atomic E-state index is -1.02. The number of carbonyl (C=O) groups excluding carboxylic acids is 1. The summed E-state index contributed by atoms with van der Waals surface area (Å²) in [6, 6.07) is 5.39. The number of fused-ring (bicyclic) bond motifs is 1. The lowest BCUT2D eigenvalue weighted by Crippen LogP contribution is -2.23. The fourth-order valence-corrected chi connectivity index (χ4v) is 3.98. The summed E-state index contributed by atoms with van der Waals surface area (Å²) < 4.78 is 26.3. The molecule has 0 fully saturated rings. The van der Waals surface area contributed by atoms with E-state index in [1.807, 2.05) is 6.92 Å². The highest BCUT2D eigenvalue weighted by Gasteiger charge is 2.24. The van der Waals surface area contributed by atoms with E-state index in [2.05, 4.69) is 16.4 Å². The molecular formula is C19H17F2N3OS. The van der Waals surface area contributed by atoms with Gasteiger partial charge in [-0.05, 0) is 56.4 Å². The van der Waals surface area contributed by atoms with E-state index in [9.17, 15) is 18.8 Å². The molecule has 134 valence electrons. The Labute approximate surface area is 154 Å². The summed E-state index contributed by atoms with van der Waals surface area (Å²) in [7, 11) is 0. The fourth-order valence-electron chi connectivity index (χ4n) is 3.00. The molecule has 1 amide bonds. The first kappa shape index (κ1) is 18.3. The first-order valence-electron chi connectivity index (χ1n) is 8.25. The predicted octanol–water partition coefficient (Wildman–Crippen LogP) is 4.15. The zero-order valence-corrected chi connectivity index (χ0v) is 15.2. The van der Waals surface area contributed by atoms with Crippen LogP contribution in [0.15, 0.2) is 23.2 Å². The van der Waals surface area contributed by atoms with Gasteiger partial charge in [0.15, 0.2) is 11.6 Å². The van der Waals surface area contributed by atoms with Gasteiger partial charge in [-0.15, -0.1) is 0 Å². The lowest BCUT2D eigenvalue weighted by Gasteiger charge is -2.15. The van der Waals surface area contributed by atoms with Crippen molar-refractivity contribution in [1.29, 1.82) is 5.26 Å². The Morgan fingerprint density at radius 2 is 2.12 bits per heavy atom. The molecule has 1 aliphatic carbocycles. The standard InChI is InChI=1S/C19H17F2N3OS/c1-10-13-4-3-5-17(13)24-19(14(10)9-22)26-11(2)18(25)23-12-6-7-15(20)16(21)8-12/h6-8,11H,3-5H2,1-2H3,(H,23,25). The molecule has 26 heavy (non-hydrogen) atoms. The Morgan fingerprint density at radius 3 is 2.81 bits per heavy atom. The zero-order chi connectivity index (χ0) is 18.8. The number of nitrogens with zero attached hydrogens (tertiary/aromatic N) is 2. The molecule has 1 N–H and O–H groups in total. The average molecular weight is 373 g/mol. The molecule has 0 radical (unpaired) electrons. The van der Waals surface area contributed by atoms with E-state index in [0.29, 0.717) is 10.6 Å². The number of benzene rings is 1. The quantitative estimate of drug-likeness (QED) is 0.818. The summed E-state index contributed by atoms with van der Waals surface area (Å²) in [4.78, 5) is 17.0. The minimum Gasteiger partial charge on any atom is -0.325 e. The van der Waals surface area contributed by atoms with Gasteiger partial charge in [0.1, 0.15) is 11.1 Å². The molecule has 3 rings (SSSR count). The van der Waals surface area contributed by atoms with Crippen molar-refractivity contribution < 1.29 is 13.6 Å². The van der Waals surface area contributed by atoms with Crippen LogP contribution >= 0.6 is 11.8 Å². The Kier molecular flexibility index (Phi) is 5.23. The van der Waals surface area contributed by atoms with Gasteiger partial charge in [-0.1, -0.05) is 11.8 Å². The van der Waals surface area contributed by atoms with E-state index >= 15 is 0 Å². The summed E-state index contributed by atoms with van der Waals surface area (Å²) in [5, 5.41) is 12.0. The number of halogens is 2. The largest absolute Gasteiger partial charge is 0.325 e. The van der Waals surface area contributed by atoms with Gasteiger partial charge in [0.2, 0.25) is 5.91 Å². The lowest BCUT2D eigenvalue weighted by atomic mass is 10.0. The van der Waals surface area contributed by atoms with Crippen molar-refractivity contribution in [1.82, 2.24) is 4.98 Å². The zero-order valence-electron chi connectivity index (χ0n) is 14.4. The monoisotopic (exact) mass is 373 g/mol. The molecule has 0 aliphatic heterocycles. The van der Waals surface area contributed by atoms with Crippen LogP contribution in [0.5, 0.6) is 0 Å². The van der Waals surface area contributed by atoms with Crippen LogP contribution in [0.4, 0.5) is 14.5 Å². The van der Waals surface area contributed by atoms with Crippen LogP contribution in [0.25, 0.3) is 0 Å². The van der Waals surface area contributed by atoms with Gasteiger partial charge in [-0.25, -0.2) is 13.8 Å². The summed E-state index contributed by atoms with van der Waals surface area (Å²) in [6.07, 6.45) is 2.83. The predicted molar refractivity (Wildman–Crippen MR) is 96.0 cm³/mol. The maximum absolute atomic E-state index is 13.3. The third kappa shape index (κ3) is 3.56. The highest BCUT2D eigenvalue weighted by Crippen LogP contribution is 2.33. The number of nitrogens with one attached hydrogen (secondary N) is 1. The number of hydrogen-bond acceptors (Lipinski definition) is 4. The van der Waals surface area contributed by atoms with Gasteiger partial charge in [-0.3, -0.25) is 4.79 Å². The van der Waals surface area contributed by atoms with Crippen molar-refractivity contribution in [3.63, 3.8) is 0 Å². The van der Waals surface area contributed by atoms with E-state index in [1.165, 1.54) is 17.8 Å². The van der Waals surface area contributed by atoms with E-state index in [-0.39, 0.29) is 11.6 Å². The highest BCUT2D eigenvalue weighted by atomic mass is 32.2. The number of rotatable bonds is 4. The van der Waals surface area contributed by atoms with Gasteiger partial charge in [-0.2, -0.15) is 5.26 Å². The van der Waals surface area contributed by atoms with Crippen molar-refractivity contribution in [3.8, 4) is 6.07 Å². The van der Waals surface area contributed by atoms with Crippen molar-refractivity contribution in [2.24, 2.45) is 0 Å². The molecule has 0 saturated carbocycles. The third-order valence-corrected chi connectivity index (χ3v) is 5.51. The van der Waals surface area contributed by atoms with Gasteiger partial charge in [0.05, 0.1) is 10.8 Å². The highest BCUT2D eigenvalue weighted by molar-refractivity contribution is 8.00. The molecule has 1 aromatic heterocycles. The Bertz CT molecular complexity index is 924. The second-order valence-corrected chi connectivity index (χ2v) is 7.52. The van der Waals surface area contributed by atoms with Gasteiger partial charge >= 0.3 is 0 Å². The molecule has 1 atom stereocenters. The molecular weight excluding hydrogens is 356 g/mol. The van der Waals surface area contributed by atoms with Crippen LogP contribution in [0.3, 0.4) is 0 Å². The number of carbonyl (C=O) groups is 1. The second-order valence-electron chi connectivity index (χ2n) is 6.19. The molecule has 2 aromatic rings. The molecule has 7 heteroatoms. The SMILES string of the molecule is Cc1c(C#N)c(SC(C)C(=O)Nc2ccc(F)c(F)c2)nc2c1CCC2. The van der Waals surface area contributed by atoms with Crippen molar-refractivity contribution in [2.45, 2.75) is 43.4 Å². The number of amides is 1.